The first-order valence-electron chi connectivity index (χ1n) is 6.74. The molecule has 0 amide bonds. The van der Waals surface area contributed by atoms with Gasteiger partial charge < -0.3 is 4.74 Å². The number of hydrogen-bond acceptors (Lipinski definition) is 5. The van der Waals surface area contributed by atoms with Gasteiger partial charge >= 0.3 is 5.97 Å². The zero-order valence-electron chi connectivity index (χ0n) is 11.8. The van der Waals surface area contributed by atoms with Crippen molar-refractivity contribution in [2.24, 2.45) is 0 Å². The molecule has 0 spiro atoms. The average molecular weight is 308 g/mol. The minimum absolute atomic E-state index is 0.416. The van der Waals surface area contributed by atoms with Crippen LogP contribution in [0.4, 0.5) is 0 Å². The lowest BCUT2D eigenvalue weighted by Crippen LogP contribution is -2.09. The molecule has 1 atom stereocenters. The number of fused-ring (bicyclic) bond motifs is 1. The third-order valence-corrected chi connectivity index (χ3v) is 4.39. The number of rotatable bonds is 3. The molecular formula is C17H12N2O2S. The number of carbonyl (C=O) groups excluding carboxylic acids is 1. The van der Waals surface area contributed by atoms with E-state index in [9.17, 15) is 4.79 Å². The van der Waals surface area contributed by atoms with Gasteiger partial charge in [-0.25, -0.2) is 9.78 Å². The molecule has 0 N–H and O–H groups in total. The van der Waals surface area contributed by atoms with Crippen LogP contribution in [0.5, 0.6) is 0 Å². The van der Waals surface area contributed by atoms with Crippen molar-refractivity contribution in [1.82, 2.24) is 4.98 Å². The lowest BCUT2D eigenvalue weighted by molar-refractivity contribution is 0.0338. The van der Waals surface area contributed by atoms with Gasteiger partial charge in [-0.2, -0.15) is 5.26 Å². The summed E-state index contributed by atoms with van der Waals surface area (Å²) in [6.45, 7) is 1.80. The van der Waals surface area contributed by atoms with Crippen LogP contribution in [-0.4, -0.2) is 11.0 Å². The van der Waals surface area contributed by atoms with Crippen molar-refractivity contribution in [1.29, 1.82) is 5.26 Å². The highest BCUT2D eigenvalue weighted by atomic mass is 32.1. The van der Waals surface area contributed by atoms with Gasteiger partial charge in [-0.15, -0.1) is 11.3 Å². The van der Waals surface area contributed by atoms with Gasteiger partial charge in [0.15, 0.2) is 6.10 Å². The summed E-state index contributed by atoms with van der Waals surface area (Å²) in [5.41, 5.74) is 1.84. The minimum Gasteiger partial charge on any atom is -0.452 e. The van der Waals surface area contributed by atoms with Crippen LogP contribution < -0.4 is 0 Å². The lowest BCUT2D eigenvalue weighted by atomic mass is 10.1. The van der Waals surface area contributed by atoms with E-state index in [4.69, 9.17) is 10.00 Å². The minimum atomic E-state index is -0.420. The van der Waals surface area contributed by atoms with E-state index in [1.165, 1.54) is 11.3 Å². The number of aromatic nitrogens is 1. The molecule has 0 saturated heterocycles. The first-order valence-corrected chi connectivity index (χ1v) is 7.55. The Morgan fingerprint density at radius 2 is 1.95 bits per heavy atom. The summed E-state index contributed by atoms with van der Waals surface area (Å²) in [5, 5.41) is 9.52. The molecule has 3 aromatic rings. The quantitative estimate of drug-likeness (QED) is 0.684. The van der Waals surface area contributed by atoms with Crippen molar-refractivity contribution in [2.45, 2.75) is 13.0 Å². The van der Waals surface area contributed by atoms with Crippen LogP contribution in [0, 0.1) is 11.3 Å². The van der Waals surface area contributed by atoms with E-state index in [1.807, 2.05) is 30.3 Å². The van der Waals surface area contributed by atoms with Crippen LogP contribution in [0.3, 0.4) is 0 Å². The molecule has 1 unspecified atom stereocenters. The molecule has 108 valence electrons. The standard InChI is InChI=1S/C17H12N2O2S/c1-11(16-19-14-4-2-3-5-15(14)22-16)21-17(20)13-8-6-12(10-18)7-9-13/h2-9,11H,1H3. The summed E-state index contributed by atoms with van der Waals surface area (Å²) in [5.74, 6) is -0.420. The number of benzene rings is 2. The van der Waals surface area contributed by atoms with Gasteiger partial charge in [-0.3, -0.25) is 0 Å². The van der Waals surface area contributed by atoms with E-state index in [1.54, 1.807) is 31.2 Å². The smallest absolute Gasteiger partial charge is 0.338 e. The number of hydrogen-bond donors (Lipinski definition) is 0. The van der Waals surface area contributed by atoms with Gasteiger partial charge in [-0.1, -0.05) is 12.1 Å². The van der Waals surface area contributed by atoms with Crippen LogP contribution in [0.15, 0.2) is 48.5 Å². The zero-order valence-corrected chi connectivity index (χ0v) is 12.6. The molecule has 22 heavy (non-hydrogen) atoms. The van der Waals surface area contributed by atoms with E-state index >= 15 is 0 Å². The zero-order chi connectivity index (χ0) is 15.5. The van der Waals surface area contributed by atoms with Gasteiger partial charge in [0.2, 0.25) is 0 Å². The van der Waals surface area contributed by atoms with E-state index < -0.39 is 12.1 Å². The average Bonchev–Trinajstić information content (AvgIpc) is 2.99. The number of nitriles is 1. The summed E-state index contributed by atoms with van der Waals surface area (Å²) < 4.78 is 6.52. The van der Waals surface area contributed by atoms with Gasteiger partial charge in [-0.05, 0) is 43.3 Å². The number of para-hydroxylation sites is 1. The Morgan fingerprint density at radius 1 is 1.23 bits per heavy atom. The molecule has 5 heteroatoms. The maximum Gasteiger partial charge on any atom is 0.338 e. The van der Waals surface area contributed by atoms with Crippen molar-refractivity contribution in [3.05, 3.63) is 64.7 Å². The van der Waals surface area contributed by atoms with Gasteiger partial charge in [0.1, 0.15) is 5.01 Å². The van der Waals surface area contributed by atoms with Gasteiger partial charge in [0, 0.05) is 0 Å². The molecule has 0 aliphatic rings. The molecule has 0 radical (unpaired) electrons. The molecule has 1 aromatic heterocycles. The molecule has 0 fully saturated rings. The maximum atomic E-state index is 12.1. The van der Waals surface area contributed by atoms with Crippen molar-refractivity contribution in [3.63, 3.8) is 0 Å². The Morgan fingerprint density at radius 3 is 2.64 bits per heavy atom. The molecule has 2 aromatic carbocycles. The Kier molecular flexibility index (Phi) is 3.86. The third-order valence-electron chi connectivity index (χ3n) is 3.19. The predicted molar refractivity (Wildman–Crippen MR) is 84.6 cm³/mol. The first-order chi connectivity index (χ1) is 10.7. The highest BCUT2D eigenvalue weighted by Crippen LogP contribution is 2.28. The molecular weight excluding hydrogens is 296 g/mol. The Bertz CT molecular complexity index is 829. The van der Waals surface area contributed by atoms with Crippen LogP contribution >= 0.6 is 11.3 Å². The maximum absolute atomic E-state index is 12.1. The molecule has 3 rings (SSSR count). The highest BCUT2D eigenvalue weighted by Gasteiger charge is 2.17. The Labute approximate surface area is 131 Å². The molecule has 0 aliphatic heterocycles. The van der Waals surface area contributed by atoms with Crippen LogP contribution in [-0.2, 0) is 4.74 Å². The second kappa shape index (κ2) is 5.96. The van der Waals surface area contributed by atoms with Crippen molar-refractivity contribution in [3.8, 4) is 6.07 Å². The molecule has 1 heterocycles. The van der Waals surface area contributed by atoms with Crippen LogP contribution in [0.2, 0.25) is 0 Å². The SMILES string of the molecule is CC(OC(=O)c1ccc(C#N)cc1)c1nc2ccccc2s1. The lowest BCUT2D eigenvalue weighted by Gasteiger charge is -2.10. The summed E-state index contributed by atoms with van der Waals surface area (Å²) in [7, 11) is 0. The van der Waals surface area contributed by atoms with Crippen molar-refractivity contribution < 1.29 is 9.53 Å². The van der Waals surface area contributed by atoms with E-state index in [2.05, 4.69) is 4.98 Å². The summed E-state index contributed by atoms with van der Waals surface area (Å²) in [4.78, 5) is 16.6. The van der Waals surface area contributed by atoms with Crippen LogP contribution in [0.1, 0.15) is 34.0 Å². The fraction of sp³-hybridized carbons (Fsp3) is 0.118. The van der Waals surface area contributed by atoms with Gasteiger partial charge in [0.05, 0.1) is 27.4 Å². The summed E-state index contributed by atoms with van der Waals surface area (Å²) >= 11 is 1.52. The second-order valence-electron chi connectivity index (χ2n) is 4.76. The van der Waals surface area contributed by atoms with E-state index in [0.29, 0.717) is 11.1 Å². The fourth-order valence-corrected chi connectivity index (χ4v) is 2.97. The van der Waals surface area contributed by atoms with Crippen molar-refractivity contribution >= 4 is 27.5 Å². The van der Waals surface area contributed by atoms with Gasteiger partial charge in [0.25, 0.3) is 0 Å². The largest absolute Gasteiger partial charge is 0.452 e. The number of esters is 1. The molecule has 0 bridgehead atoms. The normalized spacial score (nSPS) is 11.8. The molecule has 4 nitrogen and oxygen atoms in total. The third kappa shape index (κ3) is 2.83. The Hall–Kier alpha value is -2.71. The first kappa shape index (κ1) is 14.2. The molecule has 0 saturated carbocycles. The van der Waals surface area contributed by atoms with E-state index in [0.717, 1.165) is 15.2 Å². The van der Waals surface area contributed by atoms with Crippen molar-refractivity contribution in [2.75, 3.05) is 0 Å². The second-order valence-corrected chi connectivity index (χ2v) is 5.82. The number of nitrogens with zero attached hydrogens (tertiary/aromatic N) is 2. The Balaban J connectivity index is 1.76. The summed E-state index contributed by atoms with van der Waals surface area (Å²) in [6, 6.07) is 16.2. The number of carbonyl (C=O) groups is 1. The molecule has 0 aliphatic carbocycles. The number of thiazole rings is 1. The summed E-state index contributed by atoms with van der Waals surface area (Å²) in [6.07, 6.45) is -0.416. The highest BCUT2D eigenvalue weighted by molar-refractivity contribution is 7.18. The topological polar surface area (TPSA) is 63.0 Å². The fourth-order valence-electron chi connectivity index (χ4n) is 2.02. The monoisotopic (exact) mass is 308 g/mol. The predicted octanol–water partition coefficient (Wildman–Crippen LogP) is 4.09. The van der Waals surface area contributed by atoms with Crippen LogP contribution in [0.25, 0.3) is 10.2 Å². The van der Waals surface area contributed by atoms with E-state index in [-0.39, 0.29) is 0 Å². The number of ether oxygens (including phenoxy) is 1.